The number of anilines is 1. The van der Waals surface area contributed by atoms with E-state index in [0.717, 1.165) is 15.9 Å². The third-order valence-electron chi connectivity index (χ3n) is 4.16. The molecule has 1 atom stereocenters. The highest BCUT2D eigenvalue weighted by atomic mass is 32.2. The Morgan fingerprint density at radius 1 is 1.29 bits per heavy atom. The lowest BCUT2D eigenvalue weighted by molar-refractivity contribution is -0.385. The van der Waals surface area contributed by atoms with E-state index in [1.165, 1.54) is 12.1 Å². The number of para-hydroxylation sites is 1. The quantitative estimate of drug-likeness (QED) is 0.673. The molecular formula is C16H16N2O5S. The van der Waals surface area contributed by atoms with Crippen LogP contribution in [-0.2, 0) is 16.4 Å². The fourth-order valence-corrected chi connectivity index (χ4v) is 4.65. The second kappa shape index (κ2) is 5.88. The van der Waals surface area contributed by atoms with E-state index in [-0.39, 0.29) is 17.2 Å². The van der Waals surface area contributed by atoms with E-state index in [0.29, 0.717) is 17.7 Å². The lowest BCUT2D eigenvalue weighted by Crippen LogP contribution is -2.39. The number of nitro benzene ring substituents is 1. The van der Waals surface area contributed by atoms with Gasteiger partial charge in [0.05, 0.1) is 28.2 Å². The first kappa shape index (κ1) is 16.4. The predicted octanol–water partition coefficient (Wildman–Crippen LogP) is 2.02. The van der Waals surface area contributed by atoms with E-state index in [4.69, 9.17) is 0 Å². The Labute approximate surface area is 139 Å². The van der Waals surface area contributed by atoms with Crippen molar-refractivity contribution in [3.63, 3.8) is 0 Å². The van der Waals surface area contributed by atoms with Crippen molar-refractivity contribution in [2.24, 2.45) is 0 Å². The van der Waals surface area contributed by atoms with Gasteiger partial charge < -0.3 is 5.11 Å². The van der Waals surface area contributed by atoms with Gasteiger partial charge in [0.1, 0.15) is 0 Å². The Kier molecular flexibility index (Phi) is 4.02. The summed E-state index contributed by atoms with van der Waals surface area (Å²) in [6.45, 7) is 1.22. The summed E-state index contributed by atoms with van der Waals surface area (Å²) < 4.78 is 27.3. The first-order valence-corrected chi connectivity index (χ1v) is 8.78. The Morgan fingerprint density at radius 3 is 2.67 bits per heavy atom. The topological polar surface area (TPSA) is 101 Å². The minimum atomic E-state index is -4.02. The van der Waals surface area contributed by atoms with Crippen LogP contribution < -0.4 is 4.31 Å². The van der Waals surface area contributed by atoms with E-state index in [1.54, 1.807) is 25.1 Å². The average Bonchev–Trinajstić information content (AvgIpc) is 2.94. The molecule has 24 heavy (non-hydrogen) atoms. The highest BCUT2D eigenvalue weighted by molar-refractivity contribution is 7.92. The standard InChI is InChI=1S/C16H16N2O5S/c1-11-6-7-14(9-16(11)18(20)21)24(22,23)17-13(10-19)8-12-4-2-3-5-15(12)17/h2-7,9,13,19H,8,10H2,1H3/t13-/m1/s1. The lowest BCUT2D eigenvalue weighted by Gasteiger charge is -2.25. The Balaban J connectivity index is 2.14. The molecule has 1 aliphatic rings. The number of aryl methyl sites for hydroxylation is 1. The second-order valence-corrected chi connectivity index (χ2v) is 7.49. The first-order valence-electron chi connectivity index (χ1n) is 7.34. The van der Waals surface area contributed by atoms with Gasteiger partial charge in [-0.25, -0.2) is 8.42 Å². The summed E-state index contributed by atoms with van der Waals surface area (Å²) in [5.41, 5.74) is 1.46. The first-order chi connectivity index (χ1) is 11.4. The van der Waals surface area contributed by atoms with Crippen LogP contribution >= 0.6 is 0 Å². The second-order valence-electron chi connectivity index (χ2n) is 5.68. The minimum Gasteiger partial charge on any atom is -0.394 e. The zero-order valence-electron chi connectivity index (χ0n) is 12.9. The van der Waals surface area contributed by atoms with Crippen LogP contribution in [0.5, 0.6) is 0 Å². The number of rotatable bonds is 4. The molecule has 2 aromatic rings. The van der Waals surface area contributed by atoms with Gasteiger partial charge in [-0.1, -0.05) is 24.3 Å². The predicted molar refractivity (Wildman–Crippen MR) is 88.5 cm³/mol. The summed E-state index contributed by atoms with van der Waals surface area (Å²) in [6, 6.07) is 10.2. The van der Waals surface area contributed by atoms with Crippen LogP contribution in [0.25, 0.3) is 0 Å². The molecule has 0 aromatic heterocycles. The molecule has 0 radical (unpaired) electrons. The van der Waals surface area contributed by atoms with Gasteiger partial charge in [0.2, 0.25) is 0 Å². The Hall–Kier alpha value is -2.45. The van der Waals surface area contributed by atoms with Gasteiger partial charge in [0.25, 0.3) is 15.7 Å². The highest BCUT2D eigenvalue weighted by Crippen LogP contribution is 2.37. The average molecular weight is 348 g/mol. The smallest absolute Gasteiger partial charge is 0.273 e. The van der Waals surface area contributed by atoms with E-state index in [9.17, 15) is 23.6 Å². The molecule has 126 valence electrons. The van der Waals surface area contributed by atoms with Crippen molar-refractivity contribution in [1.82, 2.24) is 0 Å². The monoisotopic (exact) mass is 348 g/mol. The number of aliphatic hydroxyl groups is 1. The number of aliphatic hydroxyl groups excluding tert-OH is 1. The van der Waals surface area contributed by atoms with Gasteiger partial charge in [-0.05, 0) is 31.0 Å². The number of sulfonamides is 1. The minimum absolute atomic E-state index is 0.157. The number of fused-ring (bicyclic) bond motifs is 1. The third kappa shape index (κ3) is 2.53. The summed E-state index contributed by atoms with van der Waals surface area (Å²) in [5, 5.41) is 20.7. The van der Waals surface area contributed by atoms with Crippen LogP contribution in [0.4, 0.5) is 11.4 Å². The molecule has 0 saturated carbocycles. The molecule has 0 aliphatic carbocycles. The van der Waals surface area contributed by atoms with Crippen LogP contribution in [0.1, 0.15) is 11.1 Å². The molecule has 0 bridgehead atoms. The van der Waals surface area contributed by atoms with Gasteiger partial charge >= 0.3 is 0 Å². The molecule has 8 heteroatoms. The number of hydrogen-bond acceptors (Lipinski definition) is 5. The zero-order valence-corrected chi connectivity index (χ0v) is 13.7. The molecule has 1 heterocycles. The maximum atomic E-state index is 13.0. The summed E-state index contributed by atoms with van der Waals surface area (Å²) in [5.74, 6) is 0. The molecule has 0 amide bonds. The van der Waals surface area contributed by atoms with Crippen molar-refractivity contribution in [3.8, 4) is 0 Å². The Bertz CT molecular complexity index is 910. The van der Waals surface area contributed by atoms with E-state index in [1.807, 2.05) is 6.07 Å². The highest BCUT2D eigenvalue weighted by Gasteiger charge is 2.38. The van der Waals surface area contributed by atoms with Crippen LogP contribution in [0.3, 0.4) is 0 Å². The zero-order chi connectivity index (χ0) is 17.5. The third-order valence-corrected chi connectivity index (χ3v) is 6.02. The molecule has 0 spiro atoms. The van der Waals surface area contributed by atoms with Gasteiger partial charge in [-0.3, -0.25) is 14.4 Å². The van der Waals surface area contributed by atoms with Crippen molar-refractivity contribution in [3.05, 3.63) is 63.7 Å². The van der Waals surface area contributed by atoms with E-state index < -0.39 is 21.0 Å². The van der Waals surface area contributed by atoms with Crippen molar-refractivity contribution >= 4 is 21.4 Å². The molecule has 0 saturated heterocycles. The molecular weight excluding hydrogens is 332 g/mol. The molecule has 0 fully saturated rings. The number of hydrogen-bond donors (Lipinski definition) is 1. The van der Waals surface area contributed by atoms with Crippen molar-refractivity contribution in [1.29, 1.82) is 0 Å². The maximum Gasteiger partial charge on any atom is 0.273 e. The van der Waals surface area contributed by atoms with Crippen molar-refractivity contribution in [2.75, 3.05) is 10.9 Å². The summed E-state index contributed by atoms with van der Waals surface area (Å²) in [6.07, 6.45) is 0.403. The normalized spacial score (nSPS) is 16.9. The van der Waals surface area contributed by atoms with Gasteiger partial charge in [-0.15, -0.1) is 0 Å². The van der Waals surface area contributed by atoms with Gasteiger partial charge in [-0.2, -0.15) is 0 Å². The fourth-order valence-electron chi connectivity index (χ4n) is 2.96. The van der Waals surface area contributed by atoms with Crippen molar-refractivity contribution in [2.45, 2.75) is 24.3 Å². The van der Waals surface area contributed by atoms with Gasteiger partial charge in [0.15, 0.2) is 0 Å². The van der Waals surface area contributed by atoms with Crippen LogP contribution in [0.15, 0.2) is 47.4 Å². The molecule has 2 aromatic carbocycles. The number of benzene rings is 2. The van der Waals surface area contributed by atoms with Crippen LogP contribution in [-0.4, -0.2) is 31.1 Å². The lowest BCUT2D eigenvalue weighted by atomic mass is 10.1. The van der Waals surface area contributed by atoms with Gasteiger partial charge in [0, 0.05) is 11.6 Å². The molecule has 1 aliphatic heterocycles. The maximum absolute atomic E-state index is 13.0. The summed E-state index contributed by atoms with van der Waals surface area (Å²) >= 11 is 0. The molecule has 7 nitrogen and oxygen atoms in total. The van der Waals surface area contributed by atoms with Crippen LogP contribution in [0, 0.1) is 17.0 Å². The largest absolute Gasteiger partial charge is 0.394 e. The Morgan fingerprint density at radius 2 is 2.00 bits per heavy atom. The summed E-state index contributed by atoms with van der Waals surface area (Å²) in [7, 11) is -4.02. The molecule has 0 unspecified atom stereocenters. The number of nitrogens with zero attached hydrogens (tertiary/aromatic N) is 2. The molecule has 1 N–H and O–H groups in total. The van der Waals surface area contributed by atoms with Crippen molar-refractivity contribution < 1.29 is 18.4 Å². The van der Waals surface area contributed by atoms with E-state index in [2.05, 4.69) is 0 Å². The SMILES string of the molecule is Cc1ccc(S(=O)(=O)N2c3ccccc3C[C@@H]2CO)cc1[N+](=O)[O-]. The van der Waals surface area contributed by atoms with Crippen LogP contribution in [0.2, 0.25) is 0 Å². The van der Waals surface area contributed by atoms with E-state index >= 15 is 0 Å². The number of nitro groups is 1. The summed E-state index contributed by atoms with van der Waals surface area (Å²) in [4.78, 5) is 10.3. The molecule has 3 rings (SSSR count). The fraction of sp³-hybridized carbons (Fsp3) is 0.250.